The SMILES string of the molecule is CCOC(=O)c1cc2cc(C3=CCOC(C)(C)C3)ccn2c1. The first-order chi connectivity index (χ1) is 10.5. The normalized spacial score (nSPS) is 17.3. The third kappa shape index (κ3) is 2.92. The average Bonchev–Trinajstić information content (AvgIpc) is 2.89. The van der Waals surface area contributed by atoms with Gasteiger partial charge in [0.15, 0.2) is 0 Å². The molecule has 3 rings (SSSR count). The van der Waals surface area contributed by atoms with E-state index in [0.717, 1.165) is 11.9 Å². The maximum atomic E-state index is 11.8. The van der Waals surface area contributed by atoms with E-state index in [1.54, 1.807) is 6.20 Å². The Hall–Kier alpha value is -2.07. The number of aromatic nitrogens is 1. The first kappa shape index (κ1) is 14.9. The summed E-state index contributed by atoms with van der Waals surface area (Å²) in [6.07, 6.45) is 6.80. The zero-order chi connectivity index (χ0) is 15.7. The molecule has 0 fully saturated rings. The van der Waals surface area contributed by atoms with Crippen LogP contribution < -0.4 is 0 Å². The van der Waals surface area contributed by atoms with Crippen LogP contribution in [-0.4, -0.2) is 29.2 Å². The van der Waals surface area contributed by atoms with Crippen LogP contribution in [0.5, 0.6) is 0 Å². The quantitative estimate of drug-likeness (QED) is 0.811. The zero-order valence-corrected chi connectivity index (χ0v) is 13.3. The molecule has 0 amide bonds. The van der Waals surface area contributed by atoms with Crippen molar-refractivity contribution >= 4 is 17.1 Å². The third-order valence-electron chi connectivity index (χ3n) is 3.90. The number of rotatable bonds is 3. The van der Waals surface area contributed by atoms with Crippen LogP contribution in [0, 0.1) is 0 Å². The second-order valence-corrected chi connectivity index (χ2v) is 6.17. The highest BCUT2D eigenvalue weighted by Gasteiger charge is 2.24. The molecule has 22 heavy (non-hydrogen) atoms. The number of carbonyl (C=O) groups is 1. The van der Waals surface area contributed by atoms with Crippen molar-refractivity contribution < 1.29 is 14.3 Å². The molecule has 0 saturated heterocycles. The van der Waals surface area contributed by atoms with Gasteiger partial charge < -0.3 is 13.9 Å². The number of hydrogen-bond acceptors (Lipinski definition) is 3. The molecule has 1 aliphatic heterocycles. The predicted octanol–water partition coefficient (Wildman–Crippen LogP) is 3.70. The van der Waals surface area contributed by atoms with Crippen LogP contribution in [0.1, 0.15) is 43.1 Å². The minimum absolute atomic E-state index is 0.131. The molecule has 2 aromatic rings. The number of ether oxygens (including phenoxy) is 2. The molecule has 0 aliphatic carbocycles. The van der Waals surface area contributed by atoms with E-state index in [1.165, 1.54) is 11.1 Å². The molecule has 3 heterocycles. The first-order valence-corrected chi connectivity index (χ1v) is 7.61. The Labute approximate surface area is 130 Å². The van der Waals surface area contributed by atoms with E-state index < -0.39 is 0 Å². The molecule has 0 aromatic carbocycles. The van der Waals surface area contributed by atoms with Crippen LogP contribution in [0.4, 0.5) is 0 Å². The molecule has 0 radical (unpaired) electrons. The van der Waals surface area contributed by atoms with Crippen molar-refractivity contribution in [2.24, 2.45) is 0 Å². The van der Waals surface area contributed by atoms with Crippen LogP contribution >= 0.6 is 0 Å². The van der Waals surface area contributed by atoms with Crippen molar-refractivity contribution in [3.63, 3.8) is 0 Å². The second kappa shape index (κ2) is 5.61. The average molecular weight is 299 g/mol. The molecule has 4 heteroatoms. The molecular weight excluding hydrogens is 278 g/mol. The number of hydrogen-bond donors (Lipinski definition) is 0. The fraction of sp³-hybridized carbons (Fsp3) is 0.389. The van der Waals surface area contributed by atoms with Gasteiger partial charge in [-0.3, -0.25) is 0 Å². The van der Waals surface area contributed by atoms with E-state index in [4.69, 9.17) is 9.47 Å². The van der Waals surface area contributed by atoms with E-state index in [-0.39, 0.29) is 11.6 Å². The van der Waals surface area contributed by atoms with Gasteiger partial charge in [-0.25, -0.2) is 4.79 Å². The highest BCUT2D eigenvalue weighted by atomic mass is 16.5. The van der Waals surface area contributed by atoms with Crippen molar-refractivity contribution in [2.75, 3.05) is 13.2 Å². The summed E-state index contributed by atoms with van der Waals surface area (Å²) in [6.45, 7) is 7.05. The number of nitrogens with zero attached hydrogens (tertiary/aromatic N) is 1. The van der Waals surface area contributed by atoms with Gasteiger partial charge in [0.05, 0.1) is 24.4 Å². The summed E-state index contributed by atoms with van der Waals surface area (Å²) in [5.41, 5.74) is 3.91. The Morgan fingerprint density at radius 2 is 2.23 bits per heavy atom. The lowest BCUT2D eigenvalue weighted by molar-refractivity contribution is -0.00299. The van der Waals surface area contributed by atoms with Crippen molar-refractivity contribution in [3.8, 4) is 0 Å². The molecule has 0 spiro atoms. The largest absolute Gasteiger partial charge is 0.462 e. The number of fused-ring (bicyclic) bond motifs is 1. The maximum Gasteiger partial charge on any atom is 0.339 e. The van der Waals surface area contributed by atoms with Gasteiger partial charge in [-0.1, -0.05) is 6.08 Å². The summed E-state index contributed by atoms with van der Waals surface area (Å²) in [4.78, 5) is 11.8. The molecule has 4 nitrogen and oxygen atoms in total. The highest BCUT2D eigenvalue weighted by molar-refractivity contribution is 5.91. The lowest BCUT2D eigenvalue weighted by Crippen LogP contribution is -2.28. The van der Waals surface area contributed by atoms with Gasteiger partial charge in [0.2, 0.25) is 0 Å². The van der Waals surface area contributed by atoms with E-state index in [9.17, 15) is 4.79 Å². The second-order valence-electron chi connectivity index (χ2n) is 6.17. The van der Waals surface area contributed by atoms with Gasteiger partial charge in [0, 0.05) is 24.3 Å². The van der Waals surface area contributed by atoms with Crippen LogP contribution in [0.25, 0.3) is 11.1 Å². The summed E-state index contributed by atoms with van der Waals surface area (Å²) < 4.78 is 12.7. The zero-order valence-electron chi connectivity index (χ0n) is 13.3. The molecule has 0 N–H and O–H groups in total. The van der Waals surface area contributed by atoms with Crippen LogP contribution in [0.3, 0.4) is 0 Å². The fourth-order valence-electron chi connectivity index (χ4n) is 2.80. The Morgan fingerprint density at radius 1 is 1.41 bits per heavy atom. The van der Waals surface area contributed by atoms with Crippen molar-refractivity contribution in [1.82, 2.24) is 4.40 Å². The Kier molecular flexibility index (Phi) is 3.79. The van der Waals surface area contributed by atoms with E-state index in [0.29, 0.717) is 18.8 Å². The lowest BCUT2D eigenvalue weighted by Gasteiger charge is -2.30. The Balaban J connectivity index is 1.93. The van der Waals surface area contributed by atoms with Gasteiger partial charge in [0.25, 0.3) is 0 Å². The fourth-order valence-corrected chi connectivity index (χ4v) is 2.80. The van der Waals surface area contributed by atoms with Crippen molar-refractivity contribution in [3.05, 3.63) is 47.8 Å². The maximum absolute atomic E-state index is 11.8. The van der Waals surface area contributed by atoms with Crippen LogP contribution in [0.2, 0.25) is 0 Å². The Bertz CT molecular complexity index is 740. The summed E-state index contributed by atoms with van der Waals surface area (Å²) in [5, 5.41) is 0. The summed E-state index contributed by atoms with van der Waals surface area (Å²) in [6, 6.07) is 6.05. The topological polar surface area (TPSA) is 39.9 Å². The predicted molar refractivity (Wildman–Crippen MR) is 86.0 cm³/mol. The first-order valence-electron chi connectivity index (χ1n) is 7.61. The highest BCUT2D eigenvalue weighted by Crippen LogP contribution is 2.31. The van der Waals surface area contributed by atoms with Gasteiger partial charge in [-0.2, -0.15) is 0 Å². The number of esters is 1. The lowest BCUT2D eigenvalue weighted by atomic mass is 9.91. The summed E-state index contributed by atoms with van der Waals surface area (Å²) >= 11 is 0. The third-order valence-corrected chi connectivity index (χ3v) is 3.90. The van der Waals surface area contributed by atoms with Gasteiger partial charge >= 0.3 is 5.97 Å². The summed E-state index contributed by atoms with van der Waals surface area (Å²) in [5.74, 6) is -0.279. The van der Waals surface area contributed by atoms with Crippen LogP contribution in [0.15, 0.2) is 36.7 Å². The monoisotopic (exact) mass is 299 g/mol. The standard InChI is InChI=1S/C18H21NO3/c1-4-21-17(20)15-10-16-9-13(5-7-19(16)12-15)14-6-8-22-18(2,3)11-14/h5-7,9-10,12H,4,8,11H2,1-3H3. The van der Waals surface area contributed by atoms with Crippen molar-refractivity contribution in [1.29, 1.82) is 0 Å². The van der Waals surface area contributed by atoms with E-state index in [2.05, 4.69) is 32.1 Å². The van der Waals surface area contributed by atoms with Gasteiger partial charge in [-0.15, -0.1) is 0 Å². The molecular formula is C18H21NO3. The molecule has 0 atom stereocenters. The molecule has 0 saturated carbocycles. The molecule has 0 unspecified atom stereocenters. The van der Waals surface area contributed by atoms with E-state index >= 15 is 0 Å². The Morgan fingerprint density at radius 3 is 2.95 bits per heavy atom. The summed E-state index contributed by atoms with van der Waals surface area (Å²) in [7, 11) is 0. The smallest absolute Gasteiger partial charge is 0.339 e. The minimum atomic E-state index is -0.279. The van der Waals surface area contributed by atoms with Crippen LogP contribution in [-0.2, 0) is 9.47 Å². The van der Waals surface area contributed by atoms with Gasteiger partial charge in [-0.05, 0) is 50.1 Å². The number of pyridine rings is 1. The molecule has 116 valence electrons. The number of carbonyl (C=O) groups excluding carboxylic acids is 1. The van der Waals surface area contributed by atoms with E-state index in [1.807, 2.05) is 23.6 Å². The van der Waals surface area contributed by atoms with Gasteiger partial charge in [0.1, 0.15) is 0 Å². The molecule has 0 bridgehead atoms. The minimum Gasteiger partial charge on any atom is -0.462 e. The molecule has 2 aromatic heterocycles. The molecule has 1 aliphatic rings. The van der Waals surface area contributed by atoms with Crippen molar-refractivity contribution in [2.45, 2.75) is 32.8 Å².